The molecule has 0 spiro atoms. The van der Waals surface area contributed by atoms with Crippen molar-refractivity contribution in [3.8, 4) is 11.4 Å². The van der Waals surface area contributed by atoms with Crippen molar-refractivity contribution >= 4 is 15.9 Å². The van der Waals surface area contributed by atoms with E-state index in [-0.39, 0.29) is 5.82 Å². The number of aromatic nitrogens is 3. The number of alkyl halides is 3. The average molecular weight is 320 g/mol. The Morgan fingerprint density at radius 2 is 2.06 bits per heavy atom. The maximum Gasteiger partial charge on any atom is 0.434 e. The van der Waals surface area contributed by atoms with E-state index in [4.69, 9.17) is 0 Å². The van der Waals surface area contributed by atoms with Gasteiger partial charge in [0.25, 0.3) is 0 Å². The summed E-state index contributed by atoms with van der Waals surface area (Å²) in [4.78, 5) is 7.62. The Bertz CT molecular complexity index is 546. The zero-order chi connectivity index (χ0) is 13.3. The van der Waals surface area contributed by atoms with Gasteiger partial charge >= 0.3 is 6.18 Å². The molecule has 3 nitrogen and oxygen atoms in total. The third-order valence-corrected chi connectivity index (χ3v) is 2.86. The molecule has 2 rings (SSSR count). The lowest BCUT2D eigenvalue weighted by Gasteiger charge is -2.03. The van der Waals surface area contributed by atoms with Crippen LogP contribution in [0.25, 0.3) is 11.4 Å². The van der Waals surface area contributed by atoms with Crippen LogP contribution in [0.1, 0.15) is 12.6 Å². The van der Waals surface area contributed by atoms with Crippen molar-refractivity contribution in [1.82, 2.24) is 14.5 Å². The number of imidazole rings is 1. The Labute approximate surface area is 110 Å². The quantitative estimate of drug-likeness (QED) is 0.789. The van der Waals surface area contributed by atoms with E-state index in [0.717, 1.165) is 6.20 Å². The third kappa shape index (κ3) is 2.55. The fourth-order valence-electron chi connectivity index (χ4n) is 1.53. The summed E-state index contributed by atoms with van der Waals surface area (Å²) in [6.07, 6.45) is -1.94. The highest BCUT2D eigenvalue weighted by atomic mass is 79.9. The highest BCUT2D eigenvalue weighted by Gasteiger charge is 2.34. The molecule has 2 aromatic heterocycles. The van der Waals surface area contributed by atoms with Gasteiger partial charge in [0.05, 0.1) is 0 Å². The highest BCUT2D eigenvalue weighted by molar-refractivity contribution is 9.10. The lowest BCUT2D eigenvalue weighted by molar-refractivity contribution is -0.140. The fourth-order valence-corrected chi connectivity index (χ4v) is 1.77. The van der Waals surface area contributed by atoms with Gasteiger partial charge in [0.1, 0.15) is 10.4 Å². The van der Waals surface area contributed by atoms with Crippen LogP contribution >= 0.6 is 15.9 Å². The minimum atomic E-state index is -4.43. The van der Waals surface area contributed by atoms with Gasteiger partial charge in [0, 0.05) is 24.5 Å². The van der Waals surface area contributed by atoms with E-state index in [1.165, 1.54) is 10.8 Å². The molecule has 18 heavy (non-hydrogen) atoms. The van der Waals surface area contributed by atoms with Crippen molar-refractivity contribution in [2.45, 2.75) is 19.6 Å². The van der Waals surface area contributed by atoms with Gasteiger partial charge in [0.2, 0.25) is 0 Å². The van der Waals surface area contributed by atoms with Gasteiger partial charge in [-0.1, -0.05) is 0 Å². The molecule has 0 fully saturated rings. The SMILES string of the molecule is CCn1cc(C(F)(F)F)nc1-c1ccc(Br)nc1. The van der Waals surface area contributed by atoms with Gasteiger partial charge < -0.3 is 4.57 Å². The first kappa shape index (κ1) is 13.1. The Balaban J connectivity index is 2.50. The lowest BCUT2D eigenvalue weighted by Crippen LogP contribution is -2.05. The van der Waals surface area contributed by atoms with Crippen molar-refractivity contribution in [2.75, 3.05) is 0 Å². The summed E-state index contributed by atoms with van der Waals surface area (Å²) >= 11 is 3.17. The smallest absolute Gasteiger partial charge is 0.331 e. The van der Waals surface area contributed by atoms with E-state index >= 15 is 0 Å². The van der Waals surface area contributed by atoms with Crippen LogP contribution in [0, 0.1) is 0 Å². The lowest BCUT2D eigenvalue weighted by atomic mass is 10.3. The van der Waals surface area contributed by atoms with Crippen LogP contribution in [0.3, 0.4) is 0 Å². The zero-order valence-corrected chi connectivity index (χ0v) is 11.0. The summed E-state index contributed by atoms with van der Waals surface area (Å²) in [6.45, 7) is 2.17. The predicted molar refractivity (Wildman–Crippen MR) is 63.8 cm³/mol. The molecule has 0 N–H and O–H groups in total. The average Bonchev–Trinajstić information content (AvgIpc) is 2.73. The third-order valence-electron chi connectivity index (χ3n) is 2.39. The van der Waals surface area contributed by atoms with Crippen molar-refractivity contribution in [1.29, 1.82) is 0 Å². The Kier molecular flexibility index (Phi) is 3.43. The molecule has 0 saturated heterocycles. The monoisotopic (exact) mass is 319 g/mol. The van der Waals surface area contributed by atoms with E-state index in [9.17, 15) is 13.2 Å². The van der Waals surface area contributed by atoms with Crippen molar-refractivity contribution in [3.63, 3.8) is 0 Å². The van der Waals surface area contributed by atoms with Crippen molar-refractivity contribution in [2.24, 2.45) is 0 Å². The number of hydrogen-bond donors (Lipinski definition) is 0. The largest absolute Gasteiger partial charge is 0.434 e. The fraction of sp³-hybridized carbons (Fsp3) is 0.273. The topological polar surface area (TPSA) is 30.7 Å². The van der Waals surface area contributed by atoms with Gasteiger partial charge in [0.15, 0.2) is 5.69 Å². The van der Waals surface area contributed by atoms with Crippen molar-refractivity contribution < 1.29 is 13.2 Å². The van der Waals surface area contributed by atoms with Crippen LogP contribution in [-0.2, 0) is 12.7 Å². The molecule has 0 saturated carbocycles. The van der Waals surface area contributed by atoms with Gasteiger partial charge in [-0.2, -0.15) is 13.2 Å². The number of aryl methyl sites for hydroxylation is 1. The van der Waals surface area contributed by atoms with Gasteiger partial charge in [-0.3, -0.25) is 0 Å². The molecule has 0 bridgehead atoms. The standard InChI is InChI=1S/C11H9BrF3N3/c1-2-18-6-8(11(13,14)15)17-10(18)7-3-4-9(12)16-5-7/h3-6H,2H2,1H3. The van der Waals surface area contributed by atoms with Crippen LogP contribution in [0.5, 0.6) is 0 Å². The van der Waals surface area contributed by atoms with E-state index in [1.54, 1.807) is 19.1 Å². The summed E-state index contributed by atoms with van der Waals surface area (Å²) in [5, 5.41) is 0. The Morgan fingerprint density at radius 3 is 2.56 bits per heavy atom. The van der Waals surface area contributed by atoms with E-state index in [0.29, 0.717) is 16.7 Å². The molecule has 0 unspecified atom stereocenters. The molecule has 0 aliphatic rings. The highest BCUT2D eigenvalue weighted by Crippen LogP contribution is 2.30. The second-order valence-electron chi connectivity index (χ2n) is 3.60. The molecular weight excluding hydrogens is 311 g/mol. The number of rotatable bonds is 2. The van der Waals surface area contributed by atoms with Gasteiger partial charge in [-0.25, -0.2) is 9.97 Å². The molecule has 0 atom stereocenters. The molecule has 2 aromatic rings. The normalized spacial score (nSPS) is 11.8. The predicted octanol–water partition coefficient (Wildman–Crippen LogP) is 3.75. The first-order chi connectivity index (χ1) is 8.41. The van der Waals surface area contributed by atoms with E-state index in [1.807, 2.05) is 0 Å². The zero-order valence-electron chi connectivity index (χ0n) is 9.37. The van der Waals surface area contributed by atoms with Gasteiger partial charge in [-0.05, 0) is 35.0 Å². The molecule has 0 radical (unpaired) electrons. The van der Waals surface area contributed by atoms with Crippen LogP contribution in [0.4, 0.5) is 13.2 Å². The number of hydrogen-bond acceptors (Lipinski definition) is 2. The molecular formula is C11H9BrF3N3. The molecule has 0 amide bonds. The first-order valence-corrected chi connectivity index (χ1v) is 5.97. The summed E-state index contributed by atoms with van der Waals surface area (Å²) in [5.74, 6) is 0.268. The van der Waals surface area contributed by atoms with Crippen LogP contribution in [-0.4, -0.2) is 14.5 Å². The van der Waals surface area contributed by atoms with Gasteiger partial charge in [-0.15, -0.1) is 0 Å². The van der Waals surface area contributed by atoms with Crippen LogP contribution in [0.2, 0.25) is 0 Å². The minimum absolute atomic E-state index is 0.268. The Morgan fingerprint density at radius 1 is 1.33 bits per heavy atom. The number of halogens is 4. The summed E-state index contributed by atoms with van der Waals surface area (Å²) < 4.78 is 39.9. The molecule has 0 aromatic carbocycles. The molecule has 96 valence electrons. The van der Waals surface area contributed by atoms with Crippen LogP contribution < -0.4 is 0 Å². The van der Waals surface area contributed by atoms with E-state index < -0.39 is 11.9 Å². The summed E-state index contributed by atoms with van der Waals surface area (Å²) in [5.41, 5.74) is -0.335. The second kappa shape index (κ2) is 4.72. The Hall–Kier alpha value is -1.37. The number of nitrogens with zero attached hydrogens (tertiary/aromatic N) is 3. The molecule has 0 aliphatic carbocycles. The minimum Gasteiger partial charge on any atom is -0.331 e. The number of pyridine rings is 1. The van der Waals surface area contributed by atoms with E-state index in [2.05, 4.69) is 25.9 Å². The maximum absolute atomic E-state index is 12.6. The second-order valence-corrected chi connectivity index (χ2v) is 4.42. The first-order valence-electron chi connectivity index (χ1n) is 5.18. The molecule has 2 heterocycles. The summed E-state index contributed by atoms with van der Waals surface area (Å²) in [7, 11) is 0. The molecule has 7 heteroatoms. The molecule has 0 aliphatic heterocycles. The maximum atomic E-state index is 12.6. The van der Waals surface area contributed by atoms with Crippen LogP contribution in [0.15, 0.2) is 29.1 Å². The van der Waals surface area contributed by atoms with Crippen molar-refractivity contribution in [3.05, 3.63) is 34.8 Å². The summed E-state index contributed by atoms with van der Waals surface area (Å²) in [6, 6.07) is 3.34.